The van der Waals surface area contributed by atoms with Gasteiger partial charge < -0.3 is 14.8 Å². The minimum Gasteiger partial charge on any atom is -0.494 e. The molecule has 0 aliphatic carbocycles. The number of hydrogen-bond donors (Lipinski definition) is 2. The third kappa shape index (κ3) is 6.88. The first-order valence-electron chi connectivity index (χ1n) is 9.08. The Balaban J connectivity index is 1.90. The number of amides is 1. The summed E-state index contributed by atoms with van der Waals surface area (Å²) in [5.41, 5.74) is 0.642. The van der Waals surface area contributed by atoms with Crippen LogP contribution in [0.2, 0.25) is 0 Å². The molecule has 2 rings (SSSR count). The average molecular weight is 420 g/mol. The number of carbonyl (C=O) groups is 2. The molecule has 0 saturated carbocycles. The predicted octanol–water partition coefficient (Wildman–Crippen LogP) is 2.70. The standard InChI is InChI=1S/C20H24N2O6S/c1-3-4-13-27-17-9-5-15(6-10-17)20(24)28-14(2)19(23)22-16-7-11-18(12-8-16)29(21,25)26/h5-12,14H,3-4,13H2,1-2H3,(H,22,23)(H2,21,25,26)/t14-/m1/s1. The number of rotatable bonds is 9. The van der Waals surface area contributed by atoms with E-state index in [4.69, 9.17) is 14.6 Å². The van der Waals surface area contributed by atoms with Crippen molar-refractivity contribution in [3.05, 3.63) is 54.1 Å². The van der Waals surface area contributed by atoms with Crippen LogP contribution >= 0.6 is 0 Å². The molecule has 1 amide bonds. The Labute approximate surface area is 170 Å². The lowest BCUT2D eigenvalue weighted by Crippen LogP contribution is -2.30. The third-order valence-corrected chi connectivity index (χ3v) is 4.89. The quantitative estimate of drug-likeness (QED) is 0.475. The predicted molar refractivity (Wildman–Crippen MR) is 108 cm³/mol. The van der Waals surface area contributed by atoms with Crippen LogP contribution in [-0.2, 0) is 19.6 Å². The number of unbranched alkanes of at least 4 members (excludes halogenated alkanes) is 1. The molecule has 0 saturated heterocycles. The van der Waals surface area contributed by atoms with Crippen molar-refractivity contribution in [1.82, 2.24) is 0 Å². The summed E-state index contributed by atoms with van der Waals surface area (Å²) in [7, 11) is -3.81. The molecule has 3 N–H and O–H groups in total. The summed E-state index contributed by atoms with van der Waals surface area (Å²) in [5.74, 6) is -0.540. The molecule has 9 heteroatoms. The number of esters is 1. The van der Waals surface area contributed by atoms with E-state index in [0.717, 1.165) is 12.8 Å². The van der Waals surface area contributed by atoms with Gasteiger partial charge in [0.05, 0.1) is 17.1 Å². The van der Waals surface area contributed by atoms with Crippen molar-refractivity contribution in [3.8, 4) is 5.75 Å². The molecular formula is C20H24N2O6S. The summed E-state index contributed by atoms with van der Waals surface area (Å²) in [6, 6.07) is 11.8. The van der Waals surface area contributed by atoms with E-state index in [1.54, 1.807) is 24.3 Å². The second-order valence-corrected chi connectivity index (χ2v) is 7.89. The van der Waals surface area contributed by atoms with E-state index in [9.17, 15) is 18.0 Å². The highest BCUT2D eigenvalue weighted by Gasteiger charge is 2.19. The lowest BCUT2D eigenvalue weighted by atomic mass is 10.2. The molecule has 0 aliphatic rings. The van der Waals surface area contributed by atoms with E-state index < -0.39 is 28.0 Å². The van der Waals surface area contributed by atoms with Gasteiger partial charge in [-0.05, 0) is 61.9 Å². The molecule has 0 spiro atoms. The van der Waals surface area contributed by atoms with Crippen LogP contribution in [-0.4, -0.2) is 33.0 Å². The highest BCUT2D eigenvalue weighted by molar-refractivity contribution is 7.89. The van der Waals surface area contributed by atoms with Crippen LogP contribution in [0.3, 0.4) is 0 Å². The summed E-state index contributed by atoms with van der Waals surface area (Å²) in [5, 5.41) is 7.57. The highest BCUT2D eigenvalue weighted by Crippen LogP contribution is 2.16. The summed E-state index contributed by atoms with van der Waals surface area (Å²) >= 11 is 0. The minimum absolute atomic E-state index is 0.0721. The van der Waals surface area contributed by atoms with Gasteiger partial charge in [-0.2, -0.15) is 0 Å². The molecule has 156 valence electrons. The van der Waals surface area contributed by atoms with Crippen LogP contribution in [0.15, 0.2) is 53.4 Å². The summed E-state index contributed by atoms with van der Waals surface area (Å²) in [4.78, 5) is 24.4. The van der Waals surface area contributed by atoms with Crippen LogP contribution in [0.5, 0.6) is 5.75 Å². The smallest absolute Gasteiger partial charge is 0.338 e. The van der Waals surface area contributed by atoms with Gasteiger partial charge in [0.25, 0.3) is 5.91 Å². The molecule has 2 aromatic rings. The van der Waals surface area contributed by atoms with Crippen LogP contribution in [0.25, 0.3) is 0 Å². The van der Waals surface area contributed by atoms with E-state index in [1.165, 1.54) is 31.2 Å². The second kappa shape index (κ2) is 10.0. The summed E-state index contributed by atoms with van der Waals surface area (Å²) < 4.78 is 33.2. The molecular weight excluding hydrogens is 396 g/mol. The zero-order chi connectivity index (χ0) is 21.4. The normalized spacial score (nSPS) is 12.1. The van der Waals surface area contributed by atoms with Crippen LogP contribution in [0, 0.1) is 0 Å². The molecule has 0 radical (unpaired) electrons. The first-order valence-corrected chi connectivity index (χ1v) is 10.6. The Bertz CT molecular complexity index is 940. The van der Waals surface area contributed by atoms with E-state index in [1.807, 2.05) is 0 Å². The fraction of sp³-hybridized carbons (Fsp3) is 0.300. The molecule has 0 aliphatic heterocycles. The Morgan fingerprint density at radius 2 is 1.69 bits per heavy atom. The number of carbonyl (C=O) groups excluding carboxylic acids is 2. The molecule has 2 aromatic carbocycles. The van der Waals surface area contributed by atoms with Gasteiger partial charge in [-0.25, -0.2) is 18.4 Å². The summed E-state index contributed by atoms with van der Waals surface area (Å²) in [6.45, 7) is 4.11. The number of ether oxygens (including phenoxy) is 2. The molecule has 8 nitrogen and oxygen atoms in total. The summed E-state index contributed by atoms with van der Waals surface area (Å²) in [6.07, 6.45) is 0.919. The Hall–Kier alpha value is -2.91. The molecule has 0 fully saturated rings. The topological polar surface area (TPSA) is 125 Å². The molecule has 0 bridgehead atoms. The van der Waals surface area contributed by atoms with Gasteiger partial charge in [0, 0.05) is 5.69 Å². The number of nitrogens with two attached hydrogens (primary N) is 1. The van der Waals surface area contributed by atoms with E-state index in [0.29, 0.717) is 23.6 Å². The van der Waals surface area contributed by atoms with Gasteiger partial charge in [0.2, 0.25) is 10.0 Å². The van der Waals surface area contributed by atoms with Crippen LogP contribution < -0.4 is 15.2 Å². The van der Waals surface area contributed by atoms with Crippen LogP contribution in [0.4, 0.5) is 5.69 Å². The average Bonchev–Trinajstić information content (AvgIpc) is 2.68. The van der Waals surface area contributed by atoms with Gasteiger partial charge in [-0.1, -0.05) is 13.3 Å². The maximum Gasteiger partial charge on any atom is 0.338 e. The monoisotopic (exact) mass is 420 g/mol. The first-order chi connectivity index (χ1) is 13.7. The Kier molecular flexibility index (Phi) is 7.74. The number of primary sulfonamides is 1. The van der Waals surface area contributed by atoms with Crippen molar-refractivity contribution in [2.24, 2.45) is 5.14 Å². The van der Waals surface area contributed by atoms with Gasteiger partial charge in [-0.15, -0.1) is 0 Å². The lowest BCUT2D eigenvalue weighted by molar-refractivity contribution is -0.123. The zero-order valence-electron chi connectivity index (χ0n) is 16.3. The van der Waals surface area contributed by atoms with E-state index in [2.05, 4.69) is 12.2 Å². The minimum atomic E-state index is -3.81. The Morgan fingerprint density at radius 3 is 2.24 bits per heavy atom. The van der Waals surface area contributed by atoms with Gasteiger partial charge in [0.1, 0.15) is 5.75 Å². The molecule has 0 aromatic heterocycles. The van der Waals surface area contributed by atoms with Crippen molar-refractivity contribution >= 4 is 27.6 Å². The molecule has 1 atom stereocenters. The second-order valence-electron chi connectivity index (χ2n) is 6.33. The highest BCUT2D eigenvalue weighted by atomic mass is 32.2. The molecule has 0 unspecified atom stereocenters. The van der Waals surface area contributed by atoms with Gasteiger partial charge in [-0.3, -0.25) is 4.79 Å². The maximum absolute atomic E-state index is 12.2. The zero-order valence-corrected chi connectivity index (χ0v) is 17.1. The number of nitrogens with one attached hydrogen (secondary N) is 1. The van der Waals surface area contributed by atoms with E-state index in [-0.39, 0.29) is 4.90 Å². The molecule has 29 heavy (non-hydrogen) atoms. The Morgan fingerprint density at radius 1 is 1.07 bits per heavy atom. The fourth-order valence-electron chi connectivity index (χ4n) is 2.28. The number of benzene rings is 2. The molecule has 0 heterocycles. The van der Waals surface area contributed by atoms with Gasteiger partial charge in [0.15, 0.2) is 6.10 Å². The SMILES string of the molecule is CCCCOc1ccc(C(=O)O[C@H](C)C(=O)Nc2ccc(S(N)(=O)=O)cc2)cc1. The first kappa shape index (κ1) is 22.4. The lowest BCUT2D eigenvalue weighted by Gasteiger charge is -2.14. The van der Waals surface area contributed by atoms with Crippen molar-refractivity contribution in [2.45, 2.75) is 37.7 Å². The maximum atomic E-state index is 12.2. The number of hydrogen-bond acceptors (Lipinski definition) is 6. The number of sulfonamides is 1. The number of anilines is 1. The van der Waals surface area contributed by atoms with Crippen molar-refractivity contribution in [2.75, 3.05) is 11.9 Å². The van der Waals surface area contributed by atoms with Crippen molar-refractivity contribution in [1.29, 1.82) is 0 Å². The van der Waals surface area contributed by atoms with Crippen molar-refractivity contribution in [3.63, 3.8) is 0 Å². The fourth-order valence-corrected chi connectivity index (χ4v) is 2.79. The van der Waals surface area contributed by atoms with Crippen molar-refractivity contribution < 1.29 is 27.5 Å². The largest absolute Gasteiger partial charge is 0.494 e. The third-order valence-electron chi connectivity index (χ3n) is 3.96. The van der Waals surface area contributed by atoms with Gasteiger partial charge >= 0.3 is 5.97 Å². The van der Waals surface area contributed by atoms with E-state index >= 15 is 0 Å². The van der Waals surface area contributed by atoms with Crippen LogP contribution in [0.1, 0.15) is 37.0 Å².